The molecule has 1 saturated heterocycles. The van der Waals surface area contributed by atoms with Crippen molar-refractivity contribution in [2.24, 2.45) is 0 Å². The van der Waals surface area contributed by atoms with Crippen LogP contribution in [0, 0.1) is 0 Å². The van der Waals surface area contributed by atoms with Crippen LogP contribution in [0.1, 0.15) is 23.6 Å². The second kappa shape index (κ2) is 7.60. The van der Waals surface area contributed by atoms with Gasteiger partial charge in [-0.15, -0.1) is 0 Å². The lowest BCUT2D eigenvalue weighted by Gasteiger charge is -2.31. The second-order valence-corrected chi connectivity index (χ2v) is 7.00. The fourth-order valence-electron chi connectivity index (χ4n) is 3.03. The van der Waals surface area contributed by atoms with E-state index in [1.807, 2.05) is 12.1 Å². The van der Waals surface area contributed by atoms with Gasteiger partial charge in [-0.25, -0.2) is 0 Å². The van der Waals surface area contributed by atoms with Gasteiger partial charge in [0.25, 0.3) is 0 Å². The summed E-state index contributed by atoms with van der Waals surface area (Å²) in [5.41, 5.74) is 2.63. The second-order valence-electron chi connectivity index (χ2n) is 5.65. The van der Waals surface area contributed by atoms with Crippen LogP contribution in [0.15, 0.2) is 53.0 Å². The molecule has 0 amide bonds. The first-order valence-electron chi connectivity index (χ1n) is 7.70. The van der Waals surface area contributed by atoms with Crippen molar-refractivity contribution in [3.8, 4) is 0 Å². The van der Waals surface area contributed by atoms with Crippen LogP contribution < -0.4 is 5.32 Å². The average molecular weight is 380 g/mol. The highest BCUT2D eigenvalue weighted by atomic mass is 79.9. The van der Waals surface area contributed by atoms with Crippen molar-refractivity contribution in [1.29, 1.82) is 0 Å². The quantitative estimate of drug-likeness (QED) is 0.845. The van der Waals surface area contributed by atoms with Crippen LogP contribution in [0.4, 0.5) is 0 Å². The Balaban J connectivity index is 1.96. The van der Waals surface area contributed by atoms with E-state index < -0.39 is 0 Å². The molecule has 1 atom stereocenters. The molecule has 3 rings (SSSR count). The van der Waals surface area contributed by atoms with Crippen LogP contribution in [0.25, 0.3) is 0 Å². The molecule has 116 valence electrons. The van der Waals surface area contributed by atoms with E-state index in [2.05, 4.69) is 62.5 Å². The molecule has 1 aliphatic heterocycles. The third-order valence-corrected chi connectivity index (χ3v) is 4.89. The van der Waals surface area contributed by atoms with Gasteiger partial charge in [0.1, 0.15) is 0 Å². The Morgan fingerprint density at radius 3 is 2.23 bits per heavy atom. The van der Waals surface area contributed by atoms with Crippen molar-refractivity contribution in [2.75, 3.05) is 26.2 Å². The largest absolute Gasteiger partial charge is 0.315 e. The lowest BCUT2D eigenvalue weighted by molar-refractivity contribution is 0.241. The number of rotatable bonds is 3. The van der Waals surface area contributed by atoms with Crippen LogP contribution >= 0.6 is 27.5 Å². The Hall–Kier alpha value is -0.870. The van der Waals surface area contributed by atoms with Gasteiger partial charge in [-0.3, -0.25) is 4.90 Å². The fraction of sp³-hybridized carbons (Fsp3) is 0.333. The van der Waals surface area contributed by atoms with Crippen LogP contribution in [-0.2, 0) is 0 Å². The van der Waals surface area contributed by atoms with Crippen molar-refractivity contribution >= 4 is 27.5 Å². The molecule has 1 fully saturated rings. The molecule has 0 spiro atoms. The van der Waals surface area contributed by atoms with Gasteiger partial charge in [-0.05, 0) is 48.4 Å². The van der Waals surface area contributed by atoms with E-state index in [0.717, 1.165) is 35.7 Å². The van der Waals surface area contributed by atoms with Crippen molar-refractivity contribution in [3.63, 3.8) is 0 Å². The molecule has 2 nitrogen and oxygen atoms in total. The third kappa shape index (κ3) is 3.90. The van der Waals surface area contributed by atoms with Gasteiger partial charge in [-0.2, -0.15) is 0 Å². The van der Waals surface area contributed by atoms with Gasteiger partial charge in [0, 0.05) is 29.1 Å². The maximum Gasteiger partial charge on any atom is 0.0602 e. The number of hydrogen-bond donors (Lipinski definition) is 1. The number of nitrogens with zero attached hydrogens (tertiary/aromatic N) is 1. The summed E-state index contributed by atoms with van der Waals surface area (Å²) in [6.45, 7) is 4.31. The standard InChI is InChI=1S/C18H20BrClN2/c19-16-6-2-14(3-7-16)18(15-4-8-17(20)9-5-15)22-12-1-10-21-11-13-22/h2-9,18,21H,1,10-13H2. The molecule has 0 aliphatic carbocycles. The summed E-state index contributed by atoms with van der Waals surface area (Å²) in [5, 5.41) is 4.27. The van der Waals surface area contributed by atoms with E-state index in [9.17, 15) is 0 Å². The Morgan fingerprint density at radius 1 is 0.909 bits per heavy atom. The highest BCUT2D eigenvalue weighted by molar-refractivity contribution is 9.10. The molecule has 1 aliphatic rings. The van der Waals surface area contributed by atoms with E-state index in [-0.39, 0.29) is 6.04 Å². The van der Waals surface area contributed by atoms with Gasteiger partial charge >= 0.3 is 0 Å². The van der Waals surface area contributed by atoms with E-state index >= 15 is 0 Å². The Bertz CT molecular complexity index is 544. The molecule has 0 bridgehead atoms. The number of benzene rings is 2. The molecule has 4 heteroatoms. The monoisotopic (exact) mass is 378 g/mol. The minimum absolute atomic E-state index is 0.283. The molecule has 1 unspecified atom stereocenters. The van der Waals surface area contributed by atoms with Gasteiger partial charge in [0.2, 0.25) is 0 Å². The zero-order valence-corrected chi connectivity index (χ0v) is 14.8. The highest BCUT2D eigenvalue weighted by Crippen LogP contribution is 2.30. The van der Waals surface area contributed by atoms with Gasteiger partial charge < -0.3 is 5.32 Å². The minimum atomic E-state index is 0.283. The molecule has 22 heavy (non-hydrogen) atoms. The molecule has 0 radical (unpaired) electrons. The zero-order valence-electron chi connectivity index (χ0n) is 12.4. The molecule has 0 aromatic heterocycles. The van der Waals surface area contributed by atoms with Crippen molar-refractivity contribution in [2.45, 2.75) is 12.5 Å². The zero-order chi connectivity index (χ0) is 15.4. The van der Waals surface area contributed by atoms with Crippen LogP contribution in [0.2, 0.25) is 5.02 Å². The summed E-state index contributed by atoms with van der Waals surface area (Å²) < 4.78 is 1.11. The number of halogens is 2. The summed E-state index contributed by atoms with van der Waals surface area (Å²) in [4.78, 5) is 2.56. The average Bonchev–Trinajstić information content (AvgIpc) is 2.81. The first kappa shape index (κ1) is 16.0. The van der Waals surface area contributed by atoms with Crippen molar-refractivity contribution in [3.05, 3.63) is 69.2 Å². The topological polar surface area (TPSA) is 15.3 Å². The summed E-state index contributed by atoms with van der Waals surface area (Å²) >= 11 is 9.59. The van der Waals surface area contributed by atoms with Crippen molar-refractivity contribution in [1.82, 2.24) is 10.2 Å². The smallest absolute Gasteiger partial charge is 0.0602 e. The van der Waals surface area contributed by atoms with Gasteiger partial charge in [0.15, 0.2) is 0 Å². The van der Waals surface area contributed by atoms with Crippen LogP contribution in [0.3, 0.4) is 0 Å². The van der Waals surface area contributed by atoms with Crippen LogP contribution in [-0.4, -0.2) is 31.1 Å². The first-order valence-corrected chi connectivity index (χ1v) is 8.87. The predicted molar refractivity (Wildman–Crippen MR) is 96.5 cm³/mol. The maximum atomic E-state index is 6.07. The number of nitrogens with one attached hydrogen (secondary N) is 1. The molecule has 2 aromatic rings. The predicted octanol–water partition coefficient (Wildman–Crippen LogP) is 4.49. The number of hydrogen-bond acceptors (Lipinski definition) is 2. The Labute approximate surface area is 145 Å². The first-order chi connectivity index (χ1) is 10.7. The lowest BCUT2D eigenvalue weighted by Crippen LogP contribution is -2.33. The van der Waals surface area contributed by atoms with E-state index in [1.165, 1.54) is 17.5 Å². The molecular formula is C18H20BrClN2. The van der Waals surface area contributed by atoms with E-state index in [4.69, 9.17) is 11.6 Å². The fourth-order valence-corrected chi connectivity index (χ4v) is 3.42. The highest BCUT2D eigenvalue weighted by Gasteiger charge is 2.23. The molecule has 0 saturated carbocycles. The van der Waals surface area contributed by atoms with Crippen LogP contribution in [0.5, 0.6) is 0 Å². The maximum absolute atomic E-state index is 6.07. The molecule has 1 heterocycles. The summed E-state index contributed by atoms with van der Waals surface area (Å²) in [6.07, 6.45) is 1.18. The van der Waals surface area contributed by atoms with Gasteiger partial charge in [-0.1, -0.05) is 51.8 Å². The van der Waals surface area contributed by atoms with E-state index in [0.29, 0.717) is 0 Å². The summed E-state index contributed by atoms with van der Waals surface area (Å²) in [5.74, 6) is 0. The SMILES string of the molecule is Clc1ccc(C(c2ccc(Br)cc2)N2CCCNCC2)cc1. The van der Waals surface area contributed by atoms with E-state index in [1.54, 1.807) is 0 Å². The summed E-state index contributed by atoms with van der Waals surface area (Å²) in [6, 6.07) is 17.2. The van der Waals surface area contributed by atoms with Gasteiger partial charge in [0.05, 0.1) is 6.04 Å². The Kier molecular flexibility index (Phi) is 5.53. The Morgan fingerprint density at radius 2 is 1.55 bits per heavy atom. The lowest BCUT2D eigenvalue weighted by atomic mass is 9.97. The normalized spacial score (nSPS) is 17.9. The molecule has 1 N–H and O–H groups in total. The summed E-state index contributed by atoms with van der Waals surface area (Å²) in [7, 11) is 0. The molecule has 2 aromatic carbocycles. The minimum Gasteiger partial charge on any atom is -0.315 e. The van der Waals surface area contributed by atoms with Crippen molar-refractivity contribution < 1.29 is 0 Å². The third-order valence-electron chi connectivity index (χ3n) is 4.11. The molecular weight excluding hydrogens is 360 g/mol.